The molecule has 0 aliphatic carbocycles. The van der Waals surface area contributed by atoms with Crippen LogP contribution in [0.25, 0.3) is 11.4 Å². The predicted octanol–water partition coefficient (Wildman–Crippen LogP) is 1.71. The van der Waals surface area contributed by atoms with E-state index in [0.717, 1.165) is 37.4 Å². The highest BCUT2D eigenvalue weighted by Gasteiger charge is 2.18. The molecule has 1 aliphatic heterocycles. The topological polar surface area (TPSA) is 62.5 Å². The molecule has 3 rings (SSSR count). The van der Waals surface area contributed by atoms with Gasteiger partial charge in [0.25, 0.3) is 0 Å². The summed E-state index contributed by atoms with van der Waals surface area (Å²) in [6.45, 7) is 6.68. The van der Waals surface area contributed by atoms with E-state index in [0.29, 0.717) is 11.7 Å². The third kappa shape index (κ3) is 2.89. The third-order valence-electron chi connectivity index (χ3n) is 3.74. The molecular weight excluding hydrogens is 268 g/mol. The number of anilines is 1. The molecule has 21 heavy (non-hydrogen) atoms. The summed E-state index contributed by atoms with van der Waals surface area (Å²) < 4.78 is 4.99. The summed E-state index contributed by atoms with van der Waals surface area (Å²) in [6.07, 6.45) is 0. The fraction of sp³-hybridized carbons (Fsp3) is 0.400. The van der Waals surface area contributed by atoms with Crippen LogP contribution in [0.2, 0.25) is 0 Å². The Hall–Kier alpha value is -2.37. The van der Waals surface area contributed by atoms with Crippen molar-refractivity contribution in [1.82, 2.24) is 15.0 Å². The quantitative estimate of drug-likeness (QED) is 0.841. The Labute approximate surface area is 123 Å². The zero-order valence-corrected chi connectivity index (χ0v) is 12.2. The number of hydrogen-bond donors (Lipinski definition) is 0. The van der Waals surface area contributed by atoms with E-state index in [9.17, 15) is 4.79 Å². The number of hydrogen-bond acceptors (Lipinski definition) is 5. The smallest absolute Gasteiger partial charge is 0.223 e. The average Bonchev–Trinajstić information content (AvgIpc) is 2.94. The molecule has 2 heterocycles. The Kier molecular flexibility index (Phi) is 3.60. The van der Waals surface area contributed by atoms with Crippen LogP contribution >= 0.6 is 0 Å². The van der Waals surface area contributed by atoms with E-state index in [1.54, 1.807) is 13.8 Å². The van der Waals surface area contributed by atoms with Gasteiger partial charge in [-0.2, -0.15) is 4.98 Å². The first-order valence-corrected chi connectivity index (χ1v) is 7.05. The minimum absolute atomic E-state index is 0.150. The summed E-state index contributed by atoms with van der Waals surface area (Å²) in [4.78, 5) is 19.7. The normalized spacial score (nSPS) is 15.3. The van der Waals surface area contributed by atoms with Gasteiger partial charge in [-0.3, -0.25) is 4.79 Å². The van der Waals surface area contributed by atoms with Crippen LogP contribution in [-0.4, -0.2) is 47.1 Å². The van der Waals surface area contributed by atoms with Crippen LogP contribution in [-0.2, 0) is 4.79 Å². The Balaban J connectivity index is 1.69. The van der Waals surface area contributed by atoms with Crippen LogP contribution < -0.4 is 4.90 Å². The highest BCUT2D eigenvalue weighted by Crippen LogP contribution is 2.22. The highest BCUT2D eigenvalue weighted by atomic mass is 16.5. The third-order valence-corrected chi connectivity index (χ3v) is 3.74. The zero-order valence-electron chi connectivity index (χ0n) is 12.2. The Morgan fingerprint density at radius 2 is 1.81 bits per heavy atom. The number of aryl methyl sites for hydroxylation is 1. The molecule has 0 N–H and O–H groups in total. The molecule has 0 bridgehead atoms. The fourth-order valence-electron chi connectivity index (χ4n) is 2.52. The van der Waals surface area contributed by atoms with E-state index in [1.807, 2.05) is 17.0 Å². The van der Waals surface area contributed by atoms with Gasteiger partial charge in [0, 0.05) is 51.3 Å². The number of benzene rings is 1. The van der Waals surface area contributed by atoms with Gasteiger partial charge in [-0.1, -0.05) is 5.16 Å². The molecule has 0 unspecified atom stereocenters. The molecule has 0 radical (unpaired) electrons. The first kappa shape index (κ1) is 13.6. The van der Waals surface area contributed by atoms with Gasteiger partial charge in [0.15, 0.2) is 0 Å². The summed E-state index contributed by atoms with van der Waals surface area (Å²) >= 11 is 0. The van der Waals surface area contributed by atoms with Crippen LogP contribution in [0.15, 0.2) is 28.8 Å². The van der Waals surface area contributed by atoms with Gasteiger partial charge < -0.3 is 14.3 Å². The van der Waals surface area contributed by atoms with Crippen molar-refractivity contribution in [2.75, 3.05) is 31.1 Å². The lowest BCUT2D eigenvalue weighted by Crippen LogP contribution is -2.48. The molecular formula is C15H18N4O2. The molecule has 6 nitrogen and oxygen atoms in total. The van der Waals surface area contributed by atoms with Crippen LogP contribution in [0.4, 0.5) is 5.69 Å². The molecule has 0 atom stereocenters. The second-order valence-electron chi connectivity index (χ2n) is 5.18. The van der Waals surface area contributed by atoms with Crippen LogP contribution in [0, 0.1) is 6.92 Å². The van der Waals surface area contributed by atoms with Gasteiger partial charge in [0.05, 0.1) is 0 Å². The largest absolute Gasteiger partial charge is 0.368 e. The van der Waals surface area contributed by atoms with E-state index in [4.69, 9.17) is 4.52 Å². The van der Waals surface area contributed by atoms with Crippen LogP contribution in [0.3, 0.4) is 0 Å². The molecule has 110 valence electrons. The summed E-state index contributed by atoms with van der Waals surface area (Å²) in [5.74, 6) is 1.33. The van der Waals surface area contributed by atoms with E-state index in [-0.39, 0.29) is 5.91 Å². The van der Waals surface area contributed by atoms with Crippen molar-refractivity contribution in [2.24, 2.45) is 0 Å². The summed E-state index contributed by atoms with van der Waals surface area (Å²) in [5.41, 5.74) is 2.10. The molecule has 1 aromatic carbocycles. The van der Waals surface area contributed by atoms with E-state index < -0.39 is 0 Å². The van der Waals surface area contributed by atoms with Gasteiger partial charge in [0.1, 0.15) is 0 Å². The highest BCUT2D eigenvalue weighted by molar-refractivity contribution is 5.73. The van der Waals surface area contributed by atoms with E-state index in [1.165, 1.54) is 0 Å². The number of carbonyl (C=O) groups is 1. The second kappa shape index (κ2) is 5.55. The molecule has 2 aromatic rings. The fourth-order valence-corrected chi connectivity index (χ4v) is 2.52. The number of aromatic nitrogens is 2. The molecule has 1 saturated heterocycles. The van der Waals surface area contributed by atoms with Gasteiger partial charge in [-0.15, -0.1) is 0 Å². The predicted molar refractivity (Wildman–Crippen MR) is 78.9 cm³/mol. The molecule has 1 aromatic heterocycles. The lowest BCUT2D eigenvalue weighted by Gasteiger charge is -2.35. The van der Waals surface area contributed by atoms with Gasteiger partial charge in [-0.05, 0) is 24.3 Å². The van der Waals surface area contributed by atoms with E-state index in [2.05, 4.69) is 27.2 Å². The number of amides is 1. The maximum Gasteiger partial charge on any atom is 0.223 e. The zero-order chi connectivity index (χ0) is 14.8. The van der Waals surface area contributed by atoms with Gasteiger partial charge in [-0.25, -0.2) is 0 Å². The van der Waals surface area contributed by atoms with Gasteiger partial charge in [0.2, 0.25) is 17.6 Å². The summed E-state index contributed by atoms with van der Waals surface area (Å²) in [6, 6.07) is 8.11. The second-order valence-corrected chi connectivity index (χ2v) is 5.18. The van der Waals surface area contributed by atoms with Crippen molar-refractivity contribution in [3.05, 3.63) is 30.2 Å². The molecule has 0 spiro atoms. The lowest BCUT2D eigenvalue weighted by atomic mass is 10.1. The molecule has 1 fully saturated rings. The SMILES string of the molecule is CC(=O)N1CCN(c2ccc(-c3noc(C)n3)cc2)CC1. The number of piperazine rings is 1. The van der Waals surface area contributed by atoms with Crippen molar-refractivity contribution in [2.45, 2.75) is 13.8 Å². The molecule has 0 saturated carbocycles. The Morgan fingerprint density at radius 1 is 1.14 bits per heavy atom. The van der Waals surface area contributed by atoms with Crippen LogP contribution in [0.5, 0.6) is 0 Å². The number of nitrogens with zero attached hydrogens (tertiary/aromatic N) is 4. The molecule has 1 aliphatic rings. The first-order valence-electron chi connectivity index (χ1n) is 7.05. The van der Waals surface area contributed by atoms with Crippen LogP contribution in [0.1, 0.15) is 12.8 Å². The van der Waals surface area contributed by atoms with Crippen molar-refractivity contribution in [3.63, 3.8) is 0 Å². The molecule has 6 heteroatoms. The van der Waals surface area contributed by atoms with Gasteiger partial charge >= 0.3 is 0 Å². The number of rotatable bonds is 2. The monoisotopic (exact) mass is 286 g/mol. The summed E-state index contributed by atoms with van der Waals surface area (Å²) in [7, 11) is 0. The van der Waals surface area contributed by atoms with Crippen molar-refractivity contribution in [1.29, 1.82) is 0 Å². The Morgan fingerprint density at radius 3 is 2.33 bits per heavy atom. The first-order chi connectivity index (χ1) is 10.1. The van der Waals surface area contributed by atoms with Crippen molar-refractivity contribution < 1.29 is 9.32 Å². The lowest BCUT2D eigenvalue weighted by molar-refractivity contribution is -0.129. The average molecular weight is 286 g/mol. The maximum atomic E-state index is 11.3. The summed E-state index contributed by atoms with van der Waals surface area (Å²) in [5, 5.41) is 3.91. The molecule has 1 amide bonds. The van der Waals surface area contributed by atoms with Crippen molar-refractivity contribution in [3.8, 4) is 11.4 Å². The standard InChI is InChI=1S/C15H18N4O2/c1-11-16-15(17-21-11)13-3-5-14(6-4-13)19-9-7-18(8-10-19)12(2)20/h3-6H,7-10H2,1-2H3. The Bertz CT molecular complexity index is 627. The van der Waals surface area contributed by atoms with Crippen molar-refractivity contribution >= 4 is 11.6 Å². The maximum absolute atomic E-state index is 11.3. The van der Waals surface area contributed by atoms with E-state index >= 15 is 0 Å². The minimum atomic E-state index is 0.150. The minimum Gasteiger partial charge on any atom is -0.368 e. The number of carbonyl (C=O) groups excluding carboxylic acids is 1.